The van der Waals surface area contributed by atoms with Gasteiger partial charge in [0.1, 0.15) is 6.04 Å². The highest BCUT2D eigenvalue weighted by Crippen LogP contribution is 2.15. The van der Waals surface area contributed by atoms with E-state index in [1.807, 2.05) is 25.1 Å². The van der Waals surface area contributed by atoms with Crippen molar-refractivity contribution >= 4 is 17.6 Å². The van der Waals surface area contributed by atoms with Gasteiger partial charge in [-0.2, -0.15) is 0 Å². The Balaban J connectivity index is 2.52. The number of hydrogen-bond donors (Lipinski definition) is 1. The quantitative estimate of drug-likeness (QED) is 0.823. The van der Waals surface area contributed by atoms with Gasteiger partial charge in [0.2, 0.25) is 0 Å². The molecule has 1 atom stereocenters. The smallest absolute Gasteiger partial charge is 0.322 e. The van der Waals surface area contributed by atoms with E-state index in [0.717, 1.165) is 16.1 Å². The van der Waals surface area contributed by atoms with Crippen LogP contribution in [0.25, 0.3) is 0 Å². The SMILES string of the molecule is CCOC(=O)C(C)NCc1ccc(Cl)cc1C. The highest BCUT2D eigenvalue weighted by molar-refractivity contribution is 6.30. The fourth-order valence-corrected chi connectivity index (χ4v) is 1.70. The molecule has 0 fully saturated rings. The van der Waals surface area contributed by atoms with Gasteiger partial charge in [0.05, 0.1) is 6.61 Å². The van der Waals surface area contributed by atoms with Crippen molar-refractivity contribution in [2.24, 2.45) is 0 Å². The van der Waals surface area contributed by atoms with Crippen LogP contribution in [0.1, 0.15) is 25.0 Å². The number of carbonyl (C=O) groups excluding carboxylic acids is 1. The summed E-state index contributed by atoms with van der Waals surface area (Å²) in [4.78, 5) is 11.4. The van der Waals surface area contributed by atoms with Crippen molar-refractivity contribution in [3.8, 4) is 0 Å². The van der Waals surface area contributed by atoms with E-state index in [2.05, 4.69) is 5.32 Å². The van der Waals surface area contributed by atoms with Gasteiger partial charge in [-0.1, -0.05) is 17.7 Å². The number of ether oxygens (including phenoxy) is 1. The van der Waals surface area contributed by atoms with E-state index in [4.69, 9.17) is 16.3 Å². The van der Waals surface area contributed by atoms with Gasteiger partial charge < -0.3 is 10.1 Å². The number of nitrogens with one attached hydrogen (secondary N) is 1. The Morgan fingerprint density at radius 2 is 2.24 bits per heavy atom. The minimum atomic E-state index is -0.301. The van der Waals surface area contributed by atoms with E-state index < -0.39 is 0 Å². The van der Waals surface area contributed by atoms with Gasteiger partial charge in [-0.3, -0.25) is 4.79 Å². The van der Waals surface area contributed by atoms with Crippen molar-refractivity contribution in [3.05, 3.63) is 34.3 Å². The van der Waals surface area contributed by atoms with Gasteiger partial charge in [0.25, 0.3) is 0 Å². The zero-order chi connectivity index (χ0) is 12.8. The lowest BCUT2D eigenvalue weighted by Gasteiger charge is -2.13. The molecular formula is C13H18ClNO2. The lowest BCUT2D eigenvalue weighted by atomic mass is 10.1. The Morgan fingerprint density at radius 1 is 1.53 bits per heavy atom. The molecule has 0 radical (unpaired) electrons. The lowest BCUT2D eigenvalue weighted by Crippen LogP contribution is -2.35. The maximum absolute atomic E-state index is 11.4. The van der Waals surface area contributed by atoms with E-state index in [-0.39, 0.29) is 12.0 Å². The molecule has 0 bridgehead atoms. The summed E-state index contributed by atoms with van der Waals surface area (Å²) >= 11 is 5.88. The molecule has 0 aliphatic rings. The molecule has 1 N–H and O–H groups in total. The molecule has 1 aromatic rings. The fourth-order valence-electron chi connectivity index (χ4n) is 1.47. The third kappa shape index (κ3) is 4.36. The number of benzene rings is 1. The Hall–Kier alpha value is -1.06. The normalized spacial score (nSPS) is 12.2. The van der Waals surface area contributed by atoms with Crippen LogP contribution in [-0.2, 0) is 16.1 Å². The zero-order valence-corrected chi connectivity index (χ0v) is 11.2. The number of esters is 1. The molecule has 0 saturated heterocycles. The van der Waals surface area contributed by atoms with Crippen LogP contribution in [0.5, 0.6) is 0 Å². The highest BCUT2D eigenvalue weighted by atomic mass is 35.5. The predicted molar refractivity (Wildman–Crippen MR) is 69.1 cm³/mol. The van der Waals surface area contributed by atoms with Crippen LogP contribution in [0.4, 0.5) is 0 Å². The fraction of sp³-hybridized carbons (Fsp3) is 0.462. The molecule has 94 valence electrons. The van der Waals surface area contributed by atoms with Gasteiger partial charge in [0.15, 0.2) is 0 Å². The van der Waals surface area contributed by atoms with E-state index >= 15 is 0 Å². The minimum absolute atomic E-state index is 0.223. The van der Waals surface area contributed by atoms with Gasteiger partial charge in [-0.25, -0.2) is 0 Å². The summed E-state index contributed by atoms with van der Waals surface area (Å²) in [5.41, 5.74) is 2.24. The summed E-state index contributed by atoms with van der Waals surface area (Å²) < 4.78 is 4.92. The molecule has 0 spiro atoms. The summed E-state index contributed by atoms with van der Waals surface area (Å²) in [5, 5.41) is 3.85. The summed E-state index contributed by atoms with van der Waals surface area (Å²) in [7, 11) is 0. The van der Waals surface area contributed by atoms with Crippen LogP contribution in [0.15, 0.2) is 18.2 Å². The van der Waals surface area contributed by atoms with Crippen molar-refractivity contribution in [3.63, 3.8) is 0 Å². The van der Waals surface area contributed by atoms with Crippen LogP contribution >= 0.6 is 11.6 Å². The van der Waals surface area contributed by atoms with Crippen LogP contribution in [-0.4, -0.2) is 18.6 Å². The molecule has 0 aromatic heterocycles. The third-order valence-electron chi connectivity index (χ3n) is 2.54. The Morgan fingerprint density at radius 3 is 2.82 bits per heavy atom. The zero-order valence-electron chi connectivity index (χ0n) is 10.4. The number of hydrogen-bond acceptors (Lipinski definition) is 3. The van der Waals surface area contributed by atoms with Crippen molar-refractivity contribution in [2.45, 2.75) is 33.4 Å². The largest absolute Gasteiger partial charge is 0.465 e. The Kier molecular flexibility index (Phi) is 5.45. The number of halogens is 1. The maximum atomic E-state index is 11.4. The lowest BCUT2D eigenvalue weighted by molar-refractivity contribution is -0.145. The summed E-state index contributed by atoms with van der Waals surface area (Å²) in [6.07, 6.45) is 0. The molecule has 0 heterocycles. The first kappa shape index (κ1) is 14.0. The highest BCUT2D eigenvalue weighted by Gasteiger charge is 2.13. The summed E-state index contributed by atoms with van der Waals surface area (Å²) in [6, 6.07) is 5.42. The van der Waals surface area contributed by atoms with Crippen LogP contribution in [0.2, 0.25) is 5.02 Å². The van der Waals surface area contributed by atoms with E-state index in [1.54, 1.807) is 13.8 Å². The molecule has 4 heteroatoms. The van der Waals surface area contributed by atoms with Crippen molar-refractivity contribution in [2.75, 3.05) is 6.61 Å². The van der Waals surface area contributed by atoms with Crippen LogP contribution in [0.3, 0.4) is 0 Å². The molecular weight excluding hydrogens is 238 g/mol. The molecule has 1 aromatic carbocycles. The third-order valence-corrected chi connectivity index (χ3v) is 2.78. The van der Waals surface area contributed by atoms with Gasteiger partial charge in [-0.05, 0) is 44.0 Å². The average Bonchev–Trinajstić information content (AvgIpc) is 2.27. The van der Waals surface area contributed by atoms with E-state index in [1.165, 1.54) is 0 Å². The molecule has 1 unspecified atom stereocenters. The summed E-state index contributed by atoms with van der Waals surface area (Å²) in [5.74, 6) is -0.223. The molecule has 0 aliphatic heterocycles. The van der Waals surface area contributed by atoms with Crippen molar-refractivity contribution in [1.29, 1.82) is 0 Å². The standard InChI is InChI=1S/C13H18ClNO2/c1-4-17-13(16)10(3)15-8-11-5-6-12(14)7-9(11)2/h5-7,10,15H,4,8H2,1-3H3. The monoisotopic (exact) mass is 255 g/mol. The Bertz CT molecular complexity index is 393. The van der Waals surface area contributed by atoms with E-state index in [9.17, 15) is 4.79 Å². The second-order valence-electron chi connectivity index (χ2n) is 3.93. The molecule has 3 nitrogen and oxygen atoms in total. The van der Waals surface area contributed by atoms with Crippen LogP contribution in [0, 0.1) is 6.92 Å². The number of aryl methyl sites for hydroxylation is 1. The van der Waals surface area contributed by atoms with Crippen molar-refractivity contribution in [1.82, 2.24) is 5.32 Å². The first-order valence-corrected chi connectivity index (χ1v) is 6.07. The Labute approximate surface area is 107 Å². The van der Waals surface area contributed by atoms with Gasteiger partial charge in [-0.15, -0.1) is 0 Å². The average molecular weight is 256 g/mol. The minimum Gasteiger partial charge on any atom is -0.465 e. The van der Waals surface area contributed by atoms with E-state index in [0.29, 0.717) is 13.2 Å². The molecule has 17 heavy (non-hydrogen) atoms. The number of carbonyl (C=O) groups is 1. The van der Waals surface area contributed by atoms with Gasteiger partial charge in [0, 0.05) is 11.6 Å². The molecule has 1 rings (SSSR count). The topological polar surface area (TPSA) is 38.3 Å². The number of rotatable bonds is 5. The van der Waals surface area contributed by atoms with Crippen LogP contribution < -0.4 is 5.32 Å². The second-order valence-corrected chi connectivity index (χ2v) is 4.36. The van der Waals surface area contributed by atoms with Gasteiger partial charge >= 0.3 is 5.97 Å². The first-order valence-electron chi connectivity index (χ1n) is 5.69. The molecule has 0 aliphatic carbocycles. The first-order chi connectivity index (χ1) is 8.04. The maximum Gasteiger partial charge on any atom is 0.322 e. The summed E-state index contributed by atoms with van der Waals surface area (Å²) in [6.45, 7) is 6.63. The predicted octanol–water partition coefficient (Wildman–Crippen LogP) is 2.69. The molecule has 0 amide bonds. The molecule has 0 saturated carbocycles. The second kappa shape index (κ2) is 6.62. The van der Waals surface area contributed by atoms with Crippen molar-refractivity contribution < 1.29 is 9.53 Å².